The van der Waals surface area contributed by atoms with E-state index in [2.05, 4.69) is 20.9 Å². The van der Waals surface area contributed by atoms with Gasteiger partial charge in [0.15, 0.2) is 11.6 Å². The highest BCUT2D eigenvalue weighted by Crippen LogP contribution is 2.16. The molecule has 0 atom stereocenters. The van der Waals surface area contributed by atoms with E-state index in [-0.39, 0.29) is 4.47 Å². The van der Waals surface area contributed by atoms with Crippen LogP contribution in [0.25, 0.3) is 0 Å². The molecule has 1 nitrogen and oxygen atoms in total. The van der Waals surface area contributed by atoms with Gasteiger partial charge in [-0.05, 0) is 15.9 Å². The molecule has 0 radical (unpaired) electrons. The molecule has 1 rings (SSSR count). The molecule has 0 spiro atoms. The van der Waals surface area contributed by atoms with Crippen LogP contribution in [0.15, 0.2) is 16.9 Å². The molecule has 48 valence electrons. The molecule has 9 heavy (non-hydrogen) atoms. The molecule has 0 bridgehead atoms. The molecule has 0 aromatic carbocycles. The molecular formula is C5H2BrF2N. The van der Waals surface area contributed by atoms with E-state index in [1.807, 2.05) is 0 Å². The maximum Gasteiger partial charge on any atom is 0.158 e. The molecule has 1 heterocycles. The topological polar surface area (TPSA) is 12.9 Å². The minimum absolute atomic E-state index is 0.169. The smallest absolute Gasteiger partial charge is 0.158 e. The highest BCUT2D eigenvalue weighted by molar-refractivity contribution is 9.10. The fourth-order valence-electron chi connectivity index (χ4n) is 0.396. The summed E-state index contributed by atoms with van der Waals surface area (Å²) in [5, 5.41) is 0. The Bertz CT molecular complexity index is 206. The Balaban J connectivity index is 3.25. The summed E-state index contributed by atoms with van der Waals surface area (Å²) in [6.45, 7) is 0. The van der Waals surface area contributed by atoms with E-state index in [1.165, 1.54) is 0 Å². The minimum Gasteiger partial charge on any atom is -0.259 e. The van der Waals surface area contributed by atoms with Crippen molar-refractivity contribution >= 4 is 15.9 Å². The Morgan fingerprint density at radius 2 is 1.67 bits per heavy atom. The van der Waals surface area contributed by atoms with Crippen molar-refractivity contribution in [2.24, 2.45) is 0 Å². The predicted octanol–water partition coefficient (Wildman–Crippen LogP) is 2.12. The lowest BCUT2D eigenvalue weighted by Gasteiger charge is -1.91. The first-order valence-electron chi connectivity index (χ1n) is 2.16. The molecule has 0 aliphatic carbocycles. The molecule has 0 amide bonds. The summed E-state index contributed by atoms with van der Waals surface area (Å²) < 4.78 is 24.3. The lowest BCUT2D eigenvalue weighted by atomic mass is 10.5. The van der Waals surface area contributed by atoms with Crippen LogP contribution in [0.1, 0.15) is 0 Å². The van der Waals surface area contributed by atoms with Crippen LogP contribution in [-0.4, -0.2) is 4.98 Å². The van der Waals surface area contributed by atoms with Gasteiger partial charge in [0.25, 0.3) is 0 Å². The second kappa shape index (κ2) is 2.39. The summed E-state index contributed by atoms with van der Waals surface area (Å²) in [6, 6.07) is 0. The number of hydrogen-bond donors (Lipinski definition) is 0. The van der Waals surface area contributed by atoms with Crippen molar-refractivity contribution in [1.82, 2.24) is 4.98 Å². The molecule has 1 aromatic heterocycles. The van der Waals surface area contributed by atoms with Crippen LogP contribution in [0.4, 0.5) is 8.78 Å². The minimum atomic E-state index is -0.685. The standard InChI is InChI=1S/C5H2BrF2N/c6-5-3(7)1-9-2-4(5)8/h1-2H. The summed E-state index contributed by atoms with van der Waals surface area (Å²) in [4.78, 5) is 3.26. The van der Waals surface area contributed by atoms with Crippen molar-refractivity contribution in [3.63, 3.8) is 0 Å². The van der Waals surface area contributed by atoms with Crippen LogP contribution in [0.5, 0.6) is 0 Å². The number of hydrogen-bond acceptors (Lipinski definition) is 1. The van der Waals surface area contributed by atoms with Crippen molar-refractivity contribution in [3.8, 4) is 0 Å². The van der Waals surface area contributed by atoms with Gasteiger partial charge in [-0.1, -0.05) is 0 Å². The van der Waals surface area contributed by atoms with E-state index in [9.17, 15) is 8.78 Å². The maximum absolute atomic E-state index is 12.2. The van der Waals surface area contributed by atoms with Crippen molar-refractivity contribution in [2.75, 3.05) is 0 Å². The highest BCUT2D eigenvalue weighted by atomic mass is 79.9. The third-order valence-corrected chi connectivity index (χ3v) is 1.55. The molecule has 4 heteroatoms. The highest BCUT2D eigenvalue weighted by Gasteiger charge is 2.02. The van der Waals surface area contributed by atoms with Gasteiger partial charge in [0.05, 0.1) is 16.9 Å². The number of halogens is 3. The Morgan fingerprint density at radius 3 is 2.00 bits per heavy atom. The Morgan fingerprint density at radius 1 is 1.22 bits per heavy atom. The third-order valence-electron chi connectivity index (χ3n) is 0.795. The molecule has 1 aromatic rings. The van der Waals surface area contributed by atoms with E-state index in [0.717, 1.165) is 12.4 Å². The van der Waals surface area contributed by atoms with Gasteiger partial charge in [-0.3, -0.25) is 4.98 Å². The monoisotopic (exact) mass is 193 g/mol. The van der Waals surface area contributed by atoms with Crippen molar-refractivity contribution < 1.29 is 8.78 Å². The first kappa shape index (κ1) is 6.61. The van der Waals surface area contributed by atoms with Crippen LogP contribution in [-0.2, 0) is 0 Å². The largest absolute Gasteiger partial charge is 0.259 e. The van der Waals surface area contributed by atoms with Crippen molar-refractivity contribution in [2.45, 2.75) is 0 Å². The van der Waals surface area contributed by atoms with Gasteiger partial charge >= 0.3 is 0 Å². The number of rotatable bonds is 0. The van der Waals surface area contributed by atoms with E-state index < -0.39 is 11.6 Å². The zero-order valence-electron chi connectivity index (χ0n) is 4.24. The van der Waals surface area contributed by atoms with Crippen molar-refractivity contribution in [3.05, 3.63) is 28.5 Å². The second-order valence-electron chi connectivity index (χ2n) is 1.42. The summed E-state index contributed by atoms with van der Waals surface area (Å²) in [6.07, 6.45) is 1.88. The van der Waals surface area contributed by atoms with Gasteiger partial charge in [0, 0.05) is 0 Å². The summed E-state index contributed by atoms with van der Waals surface area (Å²) in [5.41, 5.74) is 0. The SMILES string of the molecule is Fc1cncc(F)c1Br. The molecule has 0 aliphatic heterocycles. The van der Waals surface area contributed by atoms with Crippen molar-refractivity contribution in [1.29, 1.82) is 0 Å². The van der Waals surface area contributed by atoms with Crippen LogP contribution < -0.4 is 0 Å². The van der Waals surface area contributed by atoms with Gasteiger partial charge < -0.3 is 0 Å². The van der Waals surface area contributed by atoms with E-state index in [0.29, 0.717) is 0 Å². The third kappa shape index (κ3) is 1.24. The average molecular weight is 194 g/mol. The van der Waals surface area contributed by atoms with Gasteiger partial charge in [0.1, 0.15) is 0 Å². The van der Waals surface area contributed by atoms with Gasteiger partial charge in [0.2, 0.25) is 0 Å². The number of aromatic nitrogens is 1. The molecule has 0 saturated carbocycles. The molecule has 0 unspecified atom stereocenters. The Labute approximate surface area is 58.8 Å². The summed E-state index contributed by atoms with van der Waals surface area (Å²) in [7, 11) is 0. The van der Waals surface area contributed by atoms with E-state index in [1.54, 1.807) is 0 Å². The fraction of sp³-hybridized carbons (Fsp3) is 0. The zero-order chi connectivity index (χ0) is 6.85. The Kier molecular flexibility index (Phi) is 1.75. The lowest BCUT2D eigenvalue weighted by Crippen LogP contribution is -1.84. The second-order valence-corrected chi connectivity index (χ2v) is 2.21. The first-order valence-corrected chi connectivity index (χ1v) is 2.95. The number of pyridine rings is 1. The molecule has 0 fully saturated rings. The molecule has 0 N–H and O–H groups in total. The molecular weight excluding hydrogens is 192 g/mol. The van der Waals surface area contributed by atoms with Crippen LogP contribution in [0.3, 0.4) is 0 Å². The number of nitrogens with zero attached hydrogens (tertiary/aromatic N) is 1. The zero-order valence-corrected chi connectivity index (χ0v) is 5.82. The lowest BCUT2D eigenvalue weighted by molar-refractivity contribution is 0.561. The van der Waals surface area contributed by atoms with Crippen LogP contribution in [0, 0.1) is 11.6 Å². The van der Waals surface area contributed by atoms with Gasteiger partial charge in [-0.2, -0.15) is 0 Å². The average Bonchev–Trinajstić information content (AvgIpc) is 1.83. The fourth-order valence-corrected chi connectivity index (χ4v) is 0.600. The predicted molar refractivity (Wildman–Crippen MR) is 31.9 cm³/mol. The summed E-state index contributed by atoms with van der Waals surface area (Å²) in [5.74, 6) is -1.37. The van der Waals surface area contributed by atoms with Crippen LogP contribution >= 0.6 is 15.9 Å². The van der Waals surface area contributed by atoms with E-state index >= 15 is 0 Å². The molecule has 0 saturated heterocycles. The van der Waals surface area contributed by atoms with E-state index in [4.69, 9.17) is 0 Å². The van der Waals surface area contributed by atoms with Crippen LogP contribution in [0.2, 0.25) is 0 Å². The summed E-state index contributed by atoms with van der Waals surface area (Å²) >= 11 is 2.69. The molecule has 0 aliphatic rings. The maximum atomic E-state index is 12.2. The van der Waals surface area contributed by atoms with Gasteiger partial charge in [-0.25, -0.2) is 8.78 Å². The van der Waals surface area contributed by atoms with Gasteiger partial charge in [-0.15, -0.1) is 0 Å². The first-order chi connectivity index (χ1) is 4.22. The normalized spacial score (nSPS) is 9.67. The quantitative estimate of drug-likeness (QED) is 0.616. The Hall–Kier alpha value is -0.510.